The van der Waals surface area contributed by atoms with Gasteiger partial charge in [0.25, 0.3) is 0 Å². The SMILES string of the molecule is COC1CCC2(CC1)Cc1ccc(Br)cc1[C@@]21N=C(C)C(=S)N1. The molecule has 0 amide bonds. The number of ether oxygens (including phenoxy) is 1. The maximum absolute atomic E-state index is 5.59. The summed E-state index contributed by atoms with van der Waals surface area (Å²) in [6, 6.07) is 6.60. The van der Waals surface area contributed by atoms with Gasteiger partial charge in [-0.2, -0.15) is 0 Å². The molecule has 3 aliphatic rings. The molecule has 122 valence electrons. The Morgan fingerprint density at radius 3 is 2.70 bits per heavy atom. The first kappa shape index (κ1) is 15.7. The van der Waals surface area contributed by atoms with Crippen molar-refractivity contribution in [3.8, 4) is 0 Å². The van der Waals surface area contributed by atoms with Crippen LogP contribution in [0.5, 0.6) is 0 Å². The van der Waals surface area contributed by atoms with Gasteiger partial charge >= 0.3 is 0 Å². The van der Waals surface area contributed by atoms with Gasteiger partial charge in [-0.15, -0.1) is 0 Å². The third-order valence-electron chi connectivity index (χ3n) is 5.94. The van der Waals surface area contributed by atoms with Gasteiger partial charge in [0.15, 0.2) is 5.66 Å². The molecular formula is C18H21BrN2OS. The van der Waals surface area contributed by atoms with Crippen molar-refractivity contribution in [1.29, 1.82) is 0 Å². The van der Waals surface area contributed by atoms with Gasteiger partial charge in [-0.05, 0) is 56.7 Å². The lowest BCUT2D eigenvalue weighted by atomic mass is 9.65. The Bertz CT molecular complexity index is 709. The molecule has 0 bridgehead atoms. The average Bonchev–Trinajstić information content (AvgIpc) is 2.97. The van der Waals surface area contributed by atoms with E-state index in [1.54, 1.807) is 0 Å². The van der Waals surface area contributed by atoms with Gasteiger partial charge < -0.3 is 10.1 Å². The van der Waals surface area contributed by atoms with Gasteiger partial charge in [-0.1, -0.05) is 34.2 Å². The summed E-state index contributed by atoms with van der Waals surface area (Å²) in [4.78, 5) is 5.91. The van der Waals surface area contributed by atoms with Crippen LogP contribution >= 0.6 is 28.1 Å². The lowest BCUT2D eigenvalue weighted by Crippen LogP contribution is -2.52. The maximum Gasteiger partial charge on any atom is 0.162 e. The zero-order valence-electron chi connectivity index (χ0n) is 13.5. The number of nitrogens with zero attached hydrogens (tertiary/aromatic N) is 1. The summed E-state index contributed by atoms with van der Waals surface area (Å²) < 4.78 is 6.70. The van der Waals surface area contributed by atoms with Crippen molar-refractivity contribution in [2.45, 2.75) is 50.8 Å². The molecule has 23 heavy (non-hydrogen) atoms. The van der Waals surface area contributed by atoms with E-state index >= 15 is 0 Å². The molecule has 5 heteroatoms. The Morgan fingerprint density at radius 1 is 1.35 bits per heavy atom. The fraction of sp³-hybridized carbons (Fsp3) is 0.556. The Labute approximate surface area is 151 Å². The van der Waals surface area contributed by atoms with E-state index in [1.807, 2.05) is 14.0 Å². The molecule has 0 saturated heterocycles. The number of halogens is 1. The van der Waals surface area contributed by atoms with Gasteiger partial charge in [0.2, 0.25) is 0 Å². The molecule has 2 aliphatic carbocycles. The first-order valence-electron chi connectivity index (χ1n) is 8.20. The van der Waals surface area contributed by atoms with E-state index in [-0.39, 0.29) is 11.1 Å². The largest absolute Gasteiger partial charge is 0.381 e. The van der Waals surface area contributed by atoms with Crippen LogP contribution in [0.4, 0.5) is 0 Å². The molecule has 1 fully saturated rings. The summed E-state index contributed by atoms with van der Waals surface area (Å²) in [7, 11) is 1.82. The standard InChI is InChI=1S/C18H21BrN2OS/c1-11-16(23)21-18(20-11)15-9-13(19)4-3-12(15)10-17(18)7-5-14(22-2)6-8-17/h3-4,9,14H,5-8,10H2,1-2H3,(H,21,23)/t14?,17?,18-/m0/s1. The zero-order valence-corrected chi connectivity index (χ0v) is 15.9. The van der Waals surface area contributed by atoms with Gasteiger partial charge in [0.1, 0.15) is 4.99 Å². The number of rotatable bonds is 1. The summed E-state index contributed by atoms with van der Waals surface area (Å²) in [6.07, 6.45) is 5.87. The number of benzene rings is 1. The summed E-state index contributed by atoms with van der Waals surface area (Å²) in [6.45, 7) is 2.02. The van der Waals surface area contributed by atoms with Crippen LogP contribution in [-0.2, 0) is 16.8 Å². The Hall–Kier alpha value is -0.780. The van der Waals surface area contributed by atoms with Crippen LogP contribution in [0.1, 0.15) is 43.7 Å². The molecule has 0 aromatic heterocycles. The molecule has 1 N–H and O–H groups in total. The summed E-state index contributed by atoms with van der Waals surface area (Å²) >= 11 is 9.16. The van der Waals surface area contributed by atoms with Crippen molar-refractivity contribution in [2.24, 2.45) is 10.4 Å². The predicted molar refractivity (Wildman–Crippen MR) is 100 cm³/mol. The molecule has 3 nitrogen and oxygen atoms in total. The van der Waals surface area contributed by atoms with E-state index in [0.29, 0.717) is 6.10 Å². The Balaban J connectivity index is 1.84. The van der Waals surface area contributed by atoms with Crippen molar-refractivity contribution < 1.29 is 4.74 Å². The smallest absolute Gasteiger partial charge is 0.162 e. The normalized spacial score (nSPS) is 35.5. The van der Waals surface area contributed by atoms with Gasteiger partial charge in [-0.25, -0.2) is 0 Å². The van der Waals surface area contributed by atoms with E-state index in [4.69, 9.17) is 21.9 Å². The quantitative estimate of drug-likeness (QED) is 0.729. The van der Waals surface area contributed by atoms with E-state index in [1.165, 1.54) is 11.1 Å². The minimum Gasteiger partial charge on any atom is -0.381 e. The summed E-state index contributed by atoms with van der Waals surface area (Å²) in [5.41, 5.74) is 3.37. The van der Waals surface area contributed by atoms with Gasteiger partial charge in [0, 0.05) is 22.6 Å². The van der Waals surface area contributed by atoms with E-state index in [0.717, 1.165) is 47.3 Å². The molecule has 1 atom stereocenters. The zero-order chi connectivity index (χ0) is 16.2. The minimum atomic E-state index is -0.383. The van der Waals surface area contributed by atoms with Crippen molar-refractivity contribution in [3.63, 3.8) is 0 Å². The number of hydrogen-bond donors (Lipinski definition) is 1. The van der Waals surface area contributed by atoms with Crippen molar-refractivity contribution in [2.75, 3.05) is 7.11 Å². The molecule has 0 radical (unpaired) electrons. The number of hydrogen-bond acceptors (Lipinski definition) is 3. The molecule has 4 rings (SSSR count). The number of methoxy groups -OCH3 is 1. The van der Waals surface area contributed by atoms with E-state index < -0.39 is 0 Å². The Kier molecular flexibility index (Phi) is 3.67. The van der Waals surface area contributed by atoms with Crippen LogP contribution in [-0.4, -0.2) is 23.9 Å². The highest BCUT2D eigenvalue weighted by molar-refractivity contribution is 9.10. The van der Waals surface area contributed by atoms with Crippen LogP contribution in [0.2, 0.25) is 0 Å². The lowest BCUT2D eigenvalue weighted by Gasteiger charge is -2.46. The molecule has 0 unspecified atom stereocenters. The highest BCUT2D eigenvalue weighted by atomic mass is 79.9. The number of thiocarbonyl (C=S) groups is 1. The summed E-state index contributed by atoms with van der Waals surface area (Å²) in [5, 5.41) is 3.62. The van der Waals surface area contributed by atoms with Crippen molar-refractivity contribution >= 4 is 38.8 Å². The fourth-order valence-electron chi connectivity index (χ4n) is 4.70. The van der Waals surface area contributed by atoms with Crippen LogP contribution in [0.25, 0.3) is 0 Å². The predicted octanol–water partition coefficient (Wildman–Crippen LogP) is 4.12. The second-order valence-corrected chi connectivity index (χ2v) is 8.38. The molecule has 1 saturated carbocycles. The molecule has 2 spiro atoms. The van der Waals surface area contributed by atoms with E-state index in [9.17, 15) is 0 Å². The number of fused-ring (bicyclic) bond motifs is 3. The summed E-state index contributed by atoms with van der Waals surface area (Å²) in [5.74, 6) is 0. The number of nitrogens with one attached hydrogen (secondary N) is 1. The first-order valence-corrected chi connectivity index (χ1v) is 9.40. The molecular weight excluding hydrogens is 372 g/mol. The minimum absolute atomic E-state index is 0.104. The van der Waals surface area contributed by atoms with Crippen molar-refractivity contribution in [3.05, 3.63) is 33.8 Å². The van der Waals surface area contributed by atoms with Gasteiger partial charge in [0.05, 0.1) is 11.8 Å². The second kappa shape index (κ2) is 5.36. The first-order chi connectivity index (χ1) is 11.0. The number of aliphatic imine (C=N–C) groups is 1. The third-order valence-corrected chi connectivity index (χ3v) is 6.83. The van der Waals surface area contributed by atoms with Crippen LogP contribution in [0.3, 0.4) is 0 Å². The highest BCUT2D eigenvalue weighted by Crippen LogP contribution is 2.59. The molecule has 1 aromatic rings. The Morgan fingerprint density at radius 2 is 2.09 bits per heavy atom. The highest BCUT2D eigenvalue weighted by Gasteiger charge is 2.61. The topological polar surface area (TPSA) is 33.6 Å². The average molecular weight is 393 g/mol. The molecule has 1 heterocycles. The van der Waals surface area contributed by atoms with E-state index in [2.05, 4.69) is 39.4 Å². The fourth-order valence-corrected chi connectivity index (χ4v) is 5.25. The van der Waals surface area contributed by atoms with Crippen LogP contribution in [0, 0.1) is 5.41 Å². The second-order valence-electron chi connectivity index (χ2n) is 7.06. The molecule has 1 aliphatic heterocycles. The lowest BCUT2D eigenvalue weighted by molar-refractivity contribution is -0.00614. The van der Waals surface area contributed by atoms with Crippen LogP contribution in [0.15, 0.2) is 27.7 Å². The van der Waals surface area contributed by atoms with Crippen LogP contribution < -0.4 is 5.32 Å². The van der Waals surface area contributed by atoms with Crippen molar-refractivity contribution in [1.82, 2.24) is 5.32 Å². The maximum atomic E-state index is 5.59. The molecule has 1 aromatic carbocycles. The third kappa shape index (κ3) is 2.16. The monoisotopic (exact) mass is 392 g/mol. The van der Waals surface area contributed by atoms with Gasteiger partial charge in [-0.3, -0.25) is 4.99 Å².